The van der Waals surface area contributed by atoms with E-state index in [9.17, 15) is 14.4 Å². The fourth-order valence-corrected chi connectivity index (χ4v) is 4.14. The highest BCUT2D eigenvalue weighted by Gasteiger charge is 2.27. The molecule has 4 rings (SSSR count). The first kappa shape index (κ1) is 19.2. The molecule has 0 aliphatic carbocycles. The number of carbonyl (C=O) groups is 3. The fourth-order valence-electron chi connectivity index (χ4n) is 4.14. The molecule has 1 aromatic heterocycles. The lowest BCUT2D eigenvalue weighted by molar-refractivity contribution is -0.132. The third-order valence-corrected chi connectivity index (χ3v) is 5.78. The highest BCUT2D eigenvalue weighted by atomic mass is 16.4. The SMILES string of the molecule is O=C(O)c1cnn(C2CCN(C(=O)CCN3C(=O)CCc4ccccc43)CC2)c1. The summed E-state index contributed by atoms with van der Waals surface area (Å²) in [5.41, 5.74) is 2.25. The van der Waals surface area contributed by atoms with Gasteiger partial charge >= 0.3 is 5.97 Å². The van der Waals surface area contributed by atoms with Crippen molar-refractivity contribution in [3.63, 3.8) is 0 Å². The van der Waals surface area contributed by atoms with Crippen LogP contribution in [0.1, 0.15) is 47.6 Å². The Bertz CT molecular complexity index is 930. The van der Waals surface area contributed by atoms with Crippen molar-refractivity contribution in [2.75, 3.05) is 24.5 Å². The van der Waals surface area contributed by atoms with Crippen LogP contribution < -0.4 is 4.90 Å². The predicted octanol–water partition coefficient (Wildman–Crippen LogP) is 2.11. The monoisotopic (exact) mass is 396 g/mol. The van der Waals surface area contributed by atoms with Gasteiger partial charge in [-0.2, -0.15) is 5.10 Å². The van der Waals surface area contributed by atoms with Crippen molar-refractivity contribution in [1.29, 1.82) is 0 Å². The number of likely N-dealkylation sites (tertiary alicyclic amines) is 1. The number of rotatable bonds is 5. The molecule has 29 heavy (non-hydrogen) atoms. The van der Waals surface area contributed by atoms with Crippen LogP contribution in [0.2, 0.25) is 0 Å². The first-order valence-corrected chi connectivity index (χ1v) is 9.96. The molecule has 0 spiro atoms. The molecule has 0 atom stereocenters. The maximum absolute atomic E-state index is 12.7. The summed E-state index contributed by atoms with van der Waals surface area (Å²) in [6.07, 6.45) is 5.91. The molecule has 0 radical (unpaired) electrons. The summed E-state index contributed by atoms with van der Waals surface area (Å²) in [6.45, 7) is 1.61. The van der Waals surface area contributed by atoms with E-state index in [0.29, 0.717) is 32.5 Å². The molecule has 152 valence electrons. The number of fused-ring (bicyclic) bond motifs is 1. The number of carboxylic acids is 1. The zero-order valence-corrected chi connectivity index (χ0v) is 16.2. The second-order valence-corrected chi connectivity index (χ2v) is 7.55. The van der Waals surface area contributed by atoms with Crippen LogP contribution in [-0.4, -0.2) is 57.2 Å². The second kappa shape index (κ2) is 8.06. The maximum Gasteiger partial charge on any atom is 0.338 e. The first-order valence-electron chi connectivity index (χ1n) is 9.96. The van der Waals surface area contributed by atoms with Gasteiger partial charge in [-0.05, 0) is 30.9 Å². The number of carbonyl (C=O) groups excluding carboxylic acids is 2. The van der Waals surface area contributed by atoms with Crippen molar-refractivity contribution in [2.24, 2.45) is 0 Å². The lowest BCUT2D eigenvalue weighted by Gasteiger charge is -2.33. The Hall–Kier alpha value is -3.16. The maximum atomic E-state index is 12.7. The Morgan fingerprint density at radius 3 is 2.62 bits per heavy atom. The van der Waals surface area contributed by atoms with Crippen molar-refractivity contribution in [1.82, 2.24) is 14.7 Å². The van der Waals surface area contributed by atoms with E-state index in [2.05, 4.69) is 5.10 Å². The number of piperidine rings is 1. The minimum absolute atomic E-state index is 0.0472. The largest absolute Gasteiger partial charge is 0.478 e. The average molecular weight is 396 g/mol. The minimum atomic E-state index is -0.988. The summed E-state index contributed by atoms with van der Waals surface area (Å²) in [5, 5.41) is 13.2. The number of aromatic carboxylic acids is 1. The second-order valence-electron chi connectivity index (χ2n) is 7.55. The zero-order chi connectivity index (χ0) is 20.4. The number of aromatic nitrogens is 2. The van der Waals surface area contributed by atoms with Gasteiger partial charge in [-0.3, -0.25) is 14.3 Å². The summed E-state index contributed by atoms with van der Waals surface area (Å²) in [4.78, 5) is 39.6. The molecule has 2 aromatic rings. The van der Waals surface area contributed by atoms with Crippen LogP contribution in [0.3, 0.4) is 0 Å². The van der Waals surface area contributed by atoms with E-state index in [1.807, 2.05) is 29.2 Å². The number of hydrogen-bond acceptors (Lipinski definition) is 4. The van der Waals surface area contributed by atoms with E-state index in [1.54, 1.807) is 15.8 Å². The van der Waals surface area contributed by atoms with Crippen molar-refractivity contribution < 1.29 is 19.5 Å². The van der Waals surface area contributed by atoms with Crippen LogP contribution in [0.15, 0.2) is 36.7 Å². The van der Waals surface area contributed by atoms with Crippen LogP contribution in [0.25, 0.3) is 0 Å². The Kier molecular flexibility index (Phi) is 5.33. The highest BCUT2D eigenvalue weighted by Crippen LogP contribution is 2.28. The molecule has 3 heterocycles. The third-order valence-electron chi connectivity index (χ3n) is 5.78. The molecule has 0 bridgehead atoms. The molecule has 8 heteroatoms. The Labute approximate surface area is 168 Å². The van der Waals surface area contributed by atoms with Crippen molar-refractivity contribution in [3.8, 4) is 0 Å². The Balaban J connectivity index is 1.31. The number of aryl methyl sites for hydroxylation is 1. The molecular weight excluding hydrogens is 372 g/mol. The Morgan fingerprint density at radius 1 is 1.14 bits per heavy atom. The molecule has 2 aliphatic rings. The molecule has 1 N–H and O–H groups in total. The van der Waals surface area contributed by atoms with Crippen LogP contribution >= 0.6 is 0 Å². The summed E-state index contributed by atoms with van der Waals surface area (Å²) in [5.74, 6) is -0.869. The fraction of sp³-hybridized carbons (Fsp3) is 0.429. The molecular formula is C21H24N4O4. The van der Waals surface area contributed by atoms with Gasteiger partial charge in [-0.1, -0.05) is 18.2 Å². The van der Waals surface area contributed by atoms with Crippen molar-refractivity contribution >= 4 is 23.5 Å². The molecule has 8 nitrogen and oxygen atoms in total. The number of hydrogen-bond donors (Lipinski definition) is 1. The van der Waals surface area contributed by atoms with Gasteiger partial charge in [-0.15, -0.1) is 0 Å². The number of amides is 2. The van der Waals surface area contributed by atoms with E-state index >= 15 is 0 Å². The lowest BCUT2D eigenvalue weighted by Crippen LogP contribution is -2.42. The van der Waals surface area contributed by atoms with Gasteiger partial charge in [0.25, 0.3) is 0 Å². The van der Waals surface area contributed by atoms with E-state index in [0.717, 1.165) is 30.5 Å². The molecule has 0 unspecified atom stereocenters. The number of anilines is 1. The molecule has 2 aliphatic heterocycles. The van der Waals surface area contributed by atoms with E-state index < -0.39 is 5.97 Å². The summed E-state index contributed by atoms with van der Waals surface area (Å²) in [6, 6.07) is 7.97. The van der Waals surface area contributed by atoms with Crippen LogP contribution in [0, 0.1) is 0 Å². The summed E-state index contributed by atoms with van der Waals surface area (Å²) < 4.78 is 1.69. The lowest BCUT2D eigenvalue weighted by atomic mass is 10.0. The van der Waals surface area contributed by atoms with Gasteiger partial charge in [0, 0.05) is 44.4 Å². The van der Waals surface area contributed by atoms with Crippen LogP contribution in [-0.2, 0) is 16.0 Å². The Morgan fingerprint density at radius 2 is 1.90 bits per heavy atom. The summed E-state index contributed by atoms with van der Waals surface area (Å²) >= 11 is 0. The number of nitrogens with zero attached hydrogens (tertiary/aromatic N) is 4. The van der Waals surface area contributed by atoms with Crippen LogP contribution in [0.5, 0.6) is 0 Å². The van der Waals surface area contributed by atoms with Gasteiger partial charge in [0.15, 0.2) is 0 Å². The predicted molar refractivity (Wildman–Crippen MR) is 106 cm³/mol. The highest BCUT2D eigenvalue weighted by molar-refractivity contribution is 5.97. The van der Waals surface area contributed by atoms with Crippen molar-refractivity contribution in [3.05, 3.63) is 47.8 Å². The van der Waals surface area contributed by atoms with Gasteiger partial charge < -0.3 is 14.9 Å². The smallest absolute Gasteiger partial charge is 0.338 e. The summed E-state index contributed by atoms with van der Waals surface area (Å²) in [7, 11) is 0. The molecule has 0 saturated carbocycles. The van der Waals surface area contributed by atoms with Gasteiger partial charge in [0.1, 0.15) is 0 Å². The number of carboxylic acid groups (broad SMARTS) is 1. The molecule has 1 saturated heterocycles. The minimum Gasteiger partial charge on any atom is -0.478 e. The quantitative estimate of drug-likeness (QED) is 0.835. The first-order chi connectivity index (χ1) is 14.0. The van der Waals surface area contributed by atoms with Gasteiger partial charge in [0.05, 0.1) is 17.8 Å². The standard InChI is InChI=1S/C21H24N4O4/c26-19(9-12-24-18-4-2-1-3-15(18)5-6-20(24)27)23-10-7-17(8-11-23)25-14-16(13-22-25)21(28)29/h1-4,13-14,17H,5-12H2,(H,28,29). The molecule has 1 aromatic carbocycles. The van der Waals surface area contributed by atoms with Crippen molar-refractivity contribution in [2.45, 2.75) is 38.1 Å². The van der Waals surface area contributed by atoms with Gasteiger partial charge in [0.2, 0.25) is 11.8 Å². The van der Waals surface area contributed by atoms with Crippen LogP contribution in [0.4, 0.5) is 5.69 Å². The third kappa shape index (κ3) is 4.01. The topological polar surface area (TPSA) is 95.7 Å². The number of benzene rings is 1. The molecule has 2 amide bonds. The van der Waals surface area contributed by atoms with E-state index in [4.69, 9.17) is 5.11 Å². The molecule has 1 fully saturated rings. The number of para-hydroxylation sites is 1. The van der Waals surface area contributed by atoms with E-state index in [1.165, 1.54) is 6.20 Å². The zero-order valence-electron chi connectivity index (χ0n) is 16.2. The van der Waals surface area contributed by atoms with E-state index in [-0.39, 0.29) is 23.4 Å². The van der Waals surface area contributed by atoms with Gasteiger partial charge in [-0.25, -0.2) is 4.79 Å². The normalized spacial score (nSPS) is 17.3. The average Bonchev–Trinajstić information content (AvgIpc) is 3.24.